The average Bonchev–Trinajstić information content (AvgIpc) is 3.51. The van der Waals surface area contributed by atoms with Crippen LogP contribution in [0.2, 0.25) is 0 Å². The number of H-pyrrole nitrogens is 1. The van der Waals surface area contributed by atoms with E-state index in [0.29, 0.717) is 17.3 Å². The second kappa shape index (κ2) is 7.66. The molecule has 0 saturated carbocycles. The first-order valence-corrected chi connectivity index (χ1v) is 10.8. The highest BCUT2D eigenvalue weighted by Crippen LogP contribution is 2.40. The van der Waals surface area contributed by atoms with E-state index < -0.39 is 0 Å². The van der Waals surface area contributed by atoms with Crippen LogP contribution in [-0.4, -0.2) is 55.5 Å². The number of rotatable bonds is 3. The first-order chi connectivity index (χ1) is 16.2. The Bertz CT molecular complexity index is 1340. The third-order valence-electron chi connectivity index (χ3n) is 6.07. The quantitative estimate of drug-likeness (QED) is 0.503. The van der Waals surface area contributed by atoms with Crippen molar-refractivity contribution in [1.82, 2.24) is 30.4 Å². The summed E-state index contributed by atoms with van der Waals surface area (Å²) in [6, 6.07) is 11.4. The van der Waals surface area contributed by atoms with E-state index in [1.54, 1.807) is 29.6 Å². The number of hydrogen-bond acceptors (Lipinski definition) is 7. The summed E-state index contributed by atoms with van der Waals surface area (Å²) < 4.78 is 0. The summed E-state index contributed by atoms with van der Waals surface area (Å²) in [5, 5.41) is 13.5. The van der Waals surface area contributed by atoms with Crippen LogP contribution in [0.5, 0.6) is 0 Å². The van der Waals surface area contributed by atoms with Gasteiger partial charge in [-0.05, 0) is 49.7 Å². The summed E-state index contributed by atoms with van der Waals surface area (Å²) in [6.45, 7) is 3.65. The second-order valence-corrected chi connectivity index (χ2v) is 8.20. The number of aromatic amines is 1. The molecule has 0 unspecified atom stereocenters. The van der Waals surface area contributed by atoms with Gasteiger partial charge in [0.25, 0.3) is 0 Å². The van der Waals surface area contributed by atoms with Crippen LogP contribution in [0.1, 0.15) is 12.1 Å². The molecule has 1 atom stereocenters. The Morgan fingerprint density at radius 1 is 1.09 bits per heavy atom. The van der Waals surface area contributed by atoms with Crippen LogP contribution in [0, 0.1) is 6.92 Å². The number of aromatic nitrogens is 6. The van der Waals surface area contributed by atoms with Gasteiger partial charge in [-0.15, -0.1) is 0 Å². The Kier molecular flexibility index (Phi) is 4.49. The third kappa shape index (κ3) is 3.45. The normalized spacial score (nSPS) is 16.6. The Morgan fingerprint density at radius 2 is 1.94 bits per heavy atom. The van der Waals surface area contributed by atoms with E-state index in [2.05, 4.69) is 41.7 Å². The van der Waals surface area contributed by atoms with Crippen molar-refractivity contribution < 1.29 is 4.79 Å². The minimum Gasteiger partial charge on any atom is -0.366 e. The van der Waals surface area contributed by atoms with Crippen LogP contribution in [-0.2, 0) is 0 Å². The van der Waals surface area contributed by atoms with Gasteiger partial charge in [0.2, 0.25) is 0 Å². The van der Waals surface area contributed by atoms with Crippen molar-refractivity contribution in [2.24, 2.45) is 0 Å². The van der Waals surface area contributed by atoms with Gasteiger partial charge in [-0.1, -0.05) is 0 Å². The molecule has 6 rings (SSSR count). The van der Waals surface area contributed by atoms with Crippen molar-refractivity contribution in [2.75, 3.05) is 28.2 Å². The second-order valence-electron chi connectivity index (χ2n) is 8.20. The lowest BCUT2D eigenvalue weighted by molar-refractivity contribution is 0.254. The maximum atomic E-state index is 13.5. The zero-order chi connectivity index (χ0) is 22.4. The summed E-state index contributed by atoms with van der Waals surface area (Å²) in [5.74, 6) is 1.12. The van der Waals surface area contributed by atoms with E-state index in [0.717, 1.165) is 47.7 Å². The standard InChI is InChI=1S/C23H21N9O/c1-14-10-15(4-7-24-14)18-2-3-20-22(27-18)32(17-6-9-31(20)13-17)23(33)28-21-11-16(5-8-25-21)19-12-26-30-29-19/h2-5,7-8,10-12,17H,6,9,13H2,1H3,(H,25,28,33)(H,26,29,30)/t17-/m0/s1. The number of carbonyl (C=O) groups is 1. The number of hydrogen-bond donors (Lipinski definition) is 2. The van der Waals surface area contributed by atoms with Gasteiger partial charge in [-0.25, -0.2) is 14.8 Å². The van der Waals surface area contributed by atoms with Crippen molar-refractivity contribution in [3.8, 4) is 22.5 Å². The Morgan fingerprint density at radius 3 is 2.76 bits per heavy atom. The van der Waals surface area contributed by atoms with Gasteiger partial charge in [0.1, 0.15) is 11.5 Å². The van der Waals surface area contributed by atoms with Crippen molar-refractivity contribution in [1.29, 1.82) is 0 Å². The van der Waals surface area contributed by atoms with Crippen LogP contribution < -0.4 is 15.1 Å². The molecule has 4 aromatic heterocycles. The molecule has 0 radical (unpaired) electrons. The lowest BCUT2D eigenvalue weighted by Crippen LogP contribution is -2.48. The number of nitrogens with one attached hydrogen (secondary N) is 2. The number of aryl methyl sites for hydroxylation is 1. The van der Waals surface area contributed by atoms with Gasteiger partial charge in [-0.3, -0.25) is 15.2 Å². The van der Waals surface area contributed by atoms with E-state index in [9.17, 15) is 4.79 Å². The topological polar surface area (TPSA) is 116 Å². The fraction of sp³-hybridized carbons (Fsp3) is 0.217. The van der Waals surface area contributed by atoms with Gasteiger partial charge in [0.15, 0.2) is 5.82 Å². The summed E-state index contributed by atoms with van der Waals surface area (Å²) >= 11 is 0. The van der Waals surface area contributed by atoms with Crippen molar-refractivity contribution in [2.45, 2.75) is 19.4 Å². The highest BCUT2D eigenvalue weighted by atomic mass is 16.2. The molecule has 2 aliphatic rings. The van der Waals surface area contributed by atoms with Crippen LogP contribution in [0.4, 0.5) is 22.1 Å². The highest BCUT2D eigenvalue weighted by Gasteiger charge is 2.40. The van der Waals surface area contributed by atoms with Gasteiger partial charge in [-0.2, -0.15) is 15.4 Å². The summed E-state index contributed by atoms with van der Waals surface area (Å²) in [6.07, 6.45) is 5.93. The number of pyridine rings is 3. The van der Waals surface area contributed by atoms with Gasteiger partial charge >= 0.3 is 6.03 Å². The van der Waals surface area contributed by atoms with Gasteiger partial charge < -0.3 is 4.90 Å². The predicted octanol–water partition coefficient (Wildman–Crippen LogP) is 3.26. The molecule has 1 fully saturated rings. The van der Waals surface area contributed by atoms with E-state index in [1.807, 2.05) is 31.2 Å². The molecule has 2 amide bonds. The molecular weight excluding hydrogens is 418 g/mol. The SMILES string of the molecule is Cc1cc(-c2ccc3c(n2)N(C(=O)Nc2cc(-c4cn[nH]n4)ccn2)[C@H]2CCN3C2)ccn1. The van der Waals surface area contributed by atoms with Gasteiger partial charge in [0.05, 0.1) is 23.6 Å². The maximum absolute atomic E-state index is 13.5. The van der Waals surface area contributed by atoms with E-state index >= 15 is 0 Å². The molecule has 6 heterocycles. The zero-order valence-electron chi connectivity index (χ0n) is 17.9. The van der Waals surface area contributed by atoms with Crippen molar-refractivity contribution >= 4 is 23.4 Å². The van der Waals surface area contributed by atoms with Crippen LogP contribution >= 0.6 is 0 Å². The predicted molar refractivity (Wildman–Crippen MR) is 124 cm³/mol. The highest BCUT2D eigenvalue weighted by molar-refractivity contribution is 6.04. The molecule has 10 nitrogen and oxygen atoms in total. The number of anilines is 3. The minimum absolute atomic E-state index is 0.0538. The average molecular weight is 439 g/mol. The number of fused-ring (bicyclic) bond motifs is 4. The van der Waals surface area contributed by atoms with E-state index in [1.165, 1.54) is 0 Å². The van der Waals surface area contributed by atoms with E-state index in [4.69, 9.17) is 4.98 Å². The van der Waals surface area contributed by atoms with E-state index in [-0.39, 0.29) is 12.1 Å². The molecule has 10 heteroatoms. The molecule has 2 bridgehead atoms. The molecule has 4 aromatic rings. The molecule has 1 saturated heterocycles. The molecule has 33 heavy (non-hydrogen) atoms. The summed E-state index contributed by atoms with van der Waals surface area (Å²) in [5.41, 5.74) is 5.17. The lowest BCUT2D eigenvalue weighted by atomic mass is 10.1. The Balaban J connectivity index is 1.34. The largest absolute Gasteiger partial charge is 0.366 e. The first-order valence-electron chi connectivity index (χ1n) is 10.8. The minimum atomic E-state index is -0.247. The molecule has 0 aliphatic carbocycles. The molecule has 2 N–H and O–H groups in total. The summed E-state index contributed by atoms with van der Waals surface area (Å²) in [4.78, 5) is 31.1. The number of nitrogens with zero attached hydrogens (tertiary/aromatic N) is 7. The Labute approximate surface area is 189 Å². The molecule has 164 valence electrons. The first kappa shape index (κ1) is 19.4. The van der Waals surface area contributed by atoms with Gasteiger partial charge in [0, 0.05) is 42.3 Å². The molecule has 0 aromatic carbocycles. The number of carbonyl (C=O) groups excluding carboxylic acids is 1. The molecular formula is C23H21N9O. The zero-order valence-corrected chi connectivity index (χ0v) is 17.9. The summed E-state index contributed by atoms with van der Waals surface area (Å²) in [7, 11) is 0. The number of urea groups is 1. The van der Waals surface area contributed by atoms with Crippen molar-refractivity contribution in [3.05, 3.63) is 60.7 Å². The fourth-order valence-electron chi connectivity index (χ4n) is 4.51. The smallest absolute Gasteiger partial charge is 0.329 e. The third-order valence-corrected chi connectivity index (χ3v) is 6.07. The Hall–Kier alpha value is -4.34. The lowest BCUT2D eigenvalue weighted by Gasteiger charge is -2.35. The van der Waals surface area contributed by atoms with Crippen LogP contribution in [0.15, 0.2) is 55.0 Å². The fourth-order valence-corrected chi connectivity index (χ4v) is 4.51. The van der Waals surface area contributed by atoms with Crippen LogP contribution in [0.3, 0.4) is 0 Å². The monoisotopic (exact) mass is 439 g/mol. The number of amides is 2. The van der Waals surface area contributed by atoms with Crippen molar-refractivity contribution in [3.63, 3.8) is 0 Å². The molecule has 2 aliphatic heterocycles. The van der Waals surface area contributed by atoms with Crippen LogP contribution in [0.25, 0.3) is 22.5 Å². The maximum Gasteiger partial charge on any atom is 0.329 e. The molecule has 0 spiro atoms.